The second-order valence-electron chi connectivity index (χ2n) is 5.38. The minimum Gasteiger partial charge on any atom is -0.486 e. The van der Waals surface area contributed by atoms with Crippen molar-refractivity contribution in [2.75, 3.05) is 25.1 Å². The number of rotatable bonds is 4. The maximum Gasteiger partial charge on any atom is 0.179 e. The standard InChI is InChI=1S/C17H16ClN3O3/c1-10-2-3-11(8-19)17(21-10)20-9-14(22)12-6-13(18)16-15(7-12)23-4-5-24-16/h2-3,6-7,14,22H,4-5,9H2,1H3,(H,20,21)/t14-/m0/s1. The predicted molar refractivity (Wildman–Crippen MR) is 89.6 cm³/mol. The van der Waals surface area contributed by atoms with Crippen LogP contribution in [-0.4, -0.2) is 29.8 Å². The third-order valence-electron chi connectivity index (χ3n) is 3.62. The molecule has 1 aromatic carbocycles. The first-order valence-electron chi connectivity index (χ1n) is 7.47. The molecule has 0 amide bonds. The molecular formula is C17H16ClN3O3. The Balaban J connectivity index is 1.76. The zero-order valence-corrected chi connectivity index (χ0v) is 13.8. The molecule has 3 rings (SSSR count). The van der Waals surface area contributed by atoms with Crippen LogP contribution in [-0.2, 0) is 0 Å². The molecule has 7 heteroatoms. The number of pyridine rings is 1. The molecular weight excluding hydrogens is 330 g/mol. The minimum absolute atomic E-state index is 0.182. The van der Waals surface area contributed by atoms with Gasteiger partial charge in [-0.2, -0.15) is 5.26 Å². The largest absolute Gasteiger partial charge is 0.486 e. The van der Waals surface area contributed by atoms with E-state index in [0.717, 1.165) is 5.69 Å². The first-order valence-corrected chi connectivity index (χ1v) is 7.85. The third kappa shape index (κ3) is 3.37. The van der Waals surface area contributed by atoms with E-state index >= 15 is 0 Å². The molecule has 0 unspecified atom stereocenters. The van der Waals surface area contributed by atoms with Crippen molar-refractivity contribution in [3.63, 3.8) is 0 Å². The quantitative estimate of drug-likeness (QED) is 0.886. The van der Waals surface area contributed by atoms with E-state index in [1.54, 1.807) is 24.3 Å². The fourth-order valence-electron chi connectivity index (χ4n) is 2.42. The van der Waals surface area contributed by atoms with Gasteiger partial charge in [0.1, 0.15) is 25.1 Å². The number of hydrogen-bond donors (Lipinski definition) is 2. The maximum absolute atomic E-state index is 10.4. The Labute approximate surface area is 144 Å². The summed E-state index contributed by atoms with van der Waals surface area (Å²) in [5.74, 6) is 1.47. The average molecular weight is 346 g/mol. The third-order valence-corrected chi connectivity index (χ3v) is 3.90. The number of benzene rings is 1. The predicted octanol–water partition coefficient (Wildman–Crippen LogP) is 2.83. The number of halogens is 1. The molecule has 2 N–H and O–H groups in total. The van der Waals surface area contributed by atoms with Crippen molar-refractivity contribution in [1.29, 1.82) is 5.26 Å². The molecule has 6 nitrogen and oxygen atoms in total. The van der Waals surface area contributed by atoms with Crippen molar-refractivity contribution >= 4 is 17.4 Å². The highest BCUT2D eigenvalue weighted by Gasteiger charge is 2.19. The van der Waals surface area contributed by atoms with Gasteiger partial charge in [0.05, 0.1) is 16.7 Å². The Morgan fingerprint density at radius 2 is 2.17 bits per heavy atom. The second-order valence-corrected chi connectivity index (χ2v) is 5.79. The summed E-state index contributed by atoms with van der Waals surface area (Å²) in [5.41, 5.74) is 1.81. The van der Waals surface area contributed by atoms with Gasteiger partial charge in [-0.15, -0.1) is 0 Å². The molecule has 0 spiro atoms. The van der Waals surface area contributed by atoms with Crippen LogP contribution in [0.1, 0.15) is 22.9 Å². The Bertz CT molecular complexity index is 804. The SMILES string of the molecule is Cc1ccc(C#N)c(NC[C@H](O)c2cc(Cl)c3c(c2)OCCO3)n1. The molecule has 1 atom stereocenters. The molecule has 124 valence electrons. The van der Waals surface area contributed by atoms with Gasteiger partial charge in [0.25, 0.3) is 0 Å². The second kappa shape index (κ2) is 6.95. The van der Waals surface area contributed by atoms with Crippen LogP contribution in [0.2, 0.25) is 5.02 Å². The molecule has 0 bridgehead atoms. The van der Waals surface area contributed by atoms with Gasteiger partial charge in [-0.3, -0.25) is 0 Å². The molecule has 0 saturated heterocycles. The maximum atomic E-state index is 10.4. The number of fused-ring (bicyclic) bond motifs is 1. The van der Waals surface area contributed by atoms with Gasteiger partial charge >= 0.3 is 0 Å². The molecule has 0 radical (unpaired) electrons. The highest BCUT2D eigenvalue weighted by Crippen LogP contribution is 2.39. The van der Waals surface area contributed by atoms with Gasteiger partial charge in [-0.25, -0.2) is 4.98 Å². The topological polar surface area (TPSA) is 87.4 Å². The van der Waals surface area contributed by atoms with Crippen molar-refractivity contribution < 1.29 is 14.6 Å². The number of aryl methyl sites for hydroxylation is 1. The monoisotopic (exact) mass is 345 g/mol. The molecule has 0 aliphatic carbocycles. The average Bonchev–Trinajstić information content (AvgIpc) is 2.59. The minimum atomic E-state index is -0.841. The van der Waals surface area contributed by atoms with Crippen LogP contribution in [0.25, 0.3) is 0 Å². The lowest BCUT2D eigenvalue weighted by atomic mass is 10.1. The lowest BCUT2D eigenvalue weighted by molar-refractivity contribution is 0.167. The molecule has 2 aromatic rings. The van der Waals surface area contributed by atoms with Crippen LogP contribution in [0.15, 0.2) is 24.3 Å². The summed E-state index contributed by atoms with van der Waals surface area (Å²) in [6.45, 7) is 2.91. The molecule has 0 saturated carbocycles. The van der Waals surface area contributed by atoms with Crippen molar-refractivity contribution in [3.05, 3.63) is 46.1 Å². The summed E-state index contributed by atoms with van der Waals surface area (Å²) in [5, 5.41) is 22.9. The molecule has 1 aromatic heterocycles. The van der Waals surface area contributed by atoms with Crippen LogP contribution < -0.4 is 14.8 Å². The summed E-state index contributed by atoms with van der Waals surface area (Å²) >= 11 is 6.19. The van der Waals surface area contributed by atoms with Crippen LogP contribution in [0.3, 0.4) is 0 Å². The number of nitrogens with one attached hydrogen (secondary N) is 1. The number of nitriles is 1. The van der Waals surface area contributed by atoms with E-state index < -0.39 is 6.10 Å². The van der Waals surface area contributed by atoms with E-state index in [1.807, 2.05) is 6.92 Å². The van der Waals surface area contributed by atoms with Crippen molar-refractivity contribution in [2.24, 2.45) is 0 Å². The van der Waals surface area contributed by atoms with Gasteiger partial charge < -0.3 is 19.9 Å². The van der Waals surface area contributed by atoms with Gasteiger partial charge in [-0.1, -0.05) is 11.6 Å². The number of nitrogens with zero attached hydrogens (tertiary/aromatic N) is 2. The molecule has 0 fully saturated rings. The number of aliphatic hydroxyl groups excluding tert-OH is 1. The summed E-state index contributed by atoms with van der Waals surface area (Å²) < 4.78 is 11.0. The molecule has 1 aliphatic rings. The highest BCUT2D eigenvalue weighted by atomic mass is 35.5. The van der Waals surface area contributed by atoms with Gasteiger partial charge in [0, 0.05) is 12.2 Å². The van der Waals surface area contributed by atoms with Crippen molar-refractivity contribution in [1.82, 2.24) is 4.98 Å². The van der Waals surface area contributed by atoms with E-state index in [0.29, 0.717) is 46.7 Å². The van der Waals surface area contributed by atoms with Gasteiger partial charge in [-0.05, 0) is 36.8 Å². The number of hydrogen-bond acceptors (Lipinski definition) is 6. The summed E-state index contributed by atoms with van der Waals surface area (Å²) in [6, 6.07) is 8.89. The fraction of sp³-hybridized carbons (Fsp3) is 0.294. The normalized spacial score (nSPS) is 13.9. The summed E-state index contributed by atoms with van der Waals surface area (Å²) in [4.78, 5) is 4.28. The first-order chi connectivity index (χ1) is 11.6. The van der Waals surface area contributed by atoms with Crippen LogP contribution in [0, 0.1) is 18.3 Å². The zero-order chi connectivity index (χ0) is 17.1. The molecule has 1 aliphatic heterocycles. The van der Waals surface area contributed by atoms with Crippen molar-refractivity contribution in [2.45, 2.75) is 13.0 Å². The fourth-order valence-corrected chi connectivity index (χ4v) is 2.69. The van der Waals surface area contributed by atoms with Gasteiger partial charge in [0.15, 0.2) is 11.5 Å². The zero-order valence-electron chi connectivity index (χ0n) is 13.0. The lowest BCUT2D eigenvalue weighted by Gasteiger charge is -2.22. The van der Waals surface area contributed by atoms with E-state index in [9.17, 15) is 5.11 Å². The lowest BCUT2D eigenvalue weighted by Crippen LogP contribution is -2.17. The number of anilines is 1. The molecule has 24 heavy (non-hydrogen) atoms. The van der Waals surface area contributed by atoms with E-state index in [1.165, 1.54) is 0 Å². The van der Waals surface area contributed by atoms with Crippen molar-refractivity contribution in [3.8, 4) is 17.6 Å². The van der Waals surface area contributed by atoms with Crippen LogP contribution in [0.4, 0.5) is 5.82 Å². The Morgan fingerprint density at radius 1 is 1.38 bits per heavy atom. The Kier molecular flexibility index (Phi) is 4.74. The summed E-state index contributed by atoms with van der Waals surface area (Å²) in [7, 11) is 0. The van der Waals surface area contributed by atoms with E-state index in [2.05, 4.69) is 16.4 Å². The molecule has 2 heterocycles. The van der Waals surface area contributed by atoms with E-state index in [-0.39, 0.29) is 6.54 Å². The highest BCUT2D eigenvalue weighted by molar-refractivity contribution is 6.32. The smallest absolute Gasteiger partial charge is 0.179 e. The number of aromatic nitrogens is 1. The first kappa shape index (κ1) is 16.4. The van der Waals surface area contributed by atoms with Crippen LogP contribution in [0.5, 0.6) is 11.5 Å². The number of ether oxygens (including phenoxy) is 2. The van der Waals surface area contributed by atoms with Gasteiger partial charge in [0.2, 0.25) is 0 Å². The summed E-state index contributed by atoms with van der Waals surface area (Å²) in [6.07, 6.45) is -0.841. The van der Waals surface area contributed by atoms with Crippen LogP contribution >= 0.6 is 11.6 Å². The van der Waals surface area contributed by atoms with E-state index in [4.69, 9.17) is 26.3 Å². The number of aliphatic hydroxyl groups is 1. The Morgan fingerprint density at radius 3 is 2.96 bits per heavy atom. The Hall–Kier alpha value is -2.49.